The Bertz CT molecular complexity index is 911. The molecule has 8 heteroatoms. The number of carbonyl (C=O) groups excluding carboxylic acids is 1. The molecule has 0 unspecified atom stereocenters. The van der Waals surface area contributed by atoms with Crippen LogP contribution in [0.2, 0.25) is 0 Å². The van der Waals surface area contributed by atoms with Crippen molar-refractivity contribution in [2.75, 3.05) is 34.4 Å². The van der Waals surface area contributed by atoms with E-state index in [1.165, 1.54) is 26.3 Å². The molecule has 0 aromatic heterocycles. The van der Waals surface area contributed by atoms with Crippen molar-refractivity contribution in [2.24, 2.45) is 0 Å². The first-order valence-corrected chi connectivity index (χ1v) is 10.2. The highest BCUT2D eigenvalue weighted by molar-refractivity contribution is 7.89. The molecule has 0 saturated heterocycles. The number of sulfonamides is 1. The van der Waals surface area contributed by atoms with Gasteiger partial charge >= 0.3 is 0 Å². The van der Waals surface area contributed by atoms with Crippen molar-refractivity contribution in [1.29, 1.82) is 0 Å². The second kappa shape index (κ2) is 9.57. The Morgan fingerprint density at radius 1 is 1.07 bits per heavy atom. The standard InChI is InChI=1S/C20H26N2O5S/c1-15-13-18(9-10-19(15)27-4)28(24,25)22(2)14-20(23)21-12-11-16-5-7-17(26-3)8-6-16/h5-10,13H,11-12,14H2,1-4H3,(H,21,23). The normalized spacial score (nSPS) is 11.3. The average molecular weight is 407 g/mol. The van der Waals surface area contributed by atoms with Gasteiger partial charge in [0.05, 0.1) is 25.7 Å². The minimum Gasteiger partial charge on any atom is -0.497 e. The molecule has 0 bridgehead atoms. The van der Waals surface area contributed by atoms with Crippen LogP contribution in [0.4, 0.5) is 0 Å². The van der Waals surface area contributed by atoms with E-state index >= 15 is 0 Å². The fourth-order valence-corrected chi connectivity index (χ4v) is 3.89. The van der Waals surface area contributed by atoms with Crippen molar-refractivity contribution in [2.45, 2.75) is 18.2 Å². The summed E-state index contributed by atoms with van der Waals surface area (Å²) in [7, 11) is 0.754. The molecule has 7 nitrogen and oxygen atoms in total. The summed E-state index contributed by atoms with van der Waals surface area (Å²) >= 11 is 0. The van der Waals surface area contributed by atoms with E-state index < -0.39 is 10.0 Å². The van der Waals surface area contributed by atoms with Gasteiger partial charge in [0, 0.05) is 13.6 Å². The zero-order chi connectivity index (χ0) is 20.7. The van der Waals surface area contributed by atoms with Gasteiger partial charge in [-0.05, 0) is 54.8 Å². The molecule has 0 heterocycles. The molecule has 1 N–H and O–H groups in total. The maximum Gasteiger partial charge on any atom is 0.243 e. The number of methoxy groups -OCH3 is 2. The summed E-state index contributed by atoms with van der Waals surface area (Å²) in [4.78, 5) is 12.3. The molecule has 0 radical (unpaired) electrons. The number of nitrogens with one attached hydrogen (secondary N) is 1. The van der Waals surface area contributed by atoms with E-state index in [0.717, 1.165) is 15.6 Å². The first kappa shape index (κ1) is 21.7. The van der Waals surface area contributed by atoms with Crippen molar-refractivity contribution in [3.63, 3.8) is 0 Å². The van der Waals surface area contributed by atoms with Gasteiger partial charge in [0.15, 0.2) is 0 Å². The Morgan fingerprint density at radius 3 is 2.32 bits per heavy atom. The monoisotopic (exact) mass is 406 g/mol. The van der Waals surface area contributed by atoms with E-state index in [4.69, 9.17) is 9.47 Å². The molecular formula is C20H26N2O5S. The number of hydrogen-bond donors (Lipinski definition) is 1. The number of hydrogen-bond acceptors (Lipinski definition) is 5. The number of amides is 1. The number of carbonyl (C=O) groups is 1. The molecule has 1 amide bonds. The van der Waals surface area contributed by atoms with E-state index in [0.29, 0.717) is 24.3 Å². The van der Waals surface area contributed by atoms with Gasteiger partial charge in [-0.25, -0.2) is 8.42 Å². The highest BCUT2D eigenvalue weighted by Gasteiger charge is 2.23. The number of likely N-dealkylation sites (N-methyl/N-ethyl adjacent to an activating group) is 1. The van der Waals surface area contributed by atoms with Crippen LogP contribution in [0.25, 0.3) is 0 Å². The molecule has 0 fully saturated rings. The third-order valence-corrected chi connectivity index (χ3v) is 6.14. The van der Waals surface area contributed by atoms with Crippen LogP contribution in [0.15, 0.2) is 47.4 Å². The maximum atomic E-state index is 12.7. The van der Waals surface area contributed by atoms with E-state index in [1.54, 1.807) is 20.1 Å². The van der Waals surface area contributed by atoms with Crippen molar-refractivity contribution < 1.29 is 22.7 Å². The van der Waals surface area contributed by atoms with E-state index in [9.17, 15) is 13.2 Å². The number of rotatable bonds is 9. The predicted octanol–water partition coefficient (Wildman–Crippen LogP) is 1.99. The van der Waals surface area contributed by atoms with Gasteiger partial charge in [-0.1, -0.05) is 12.1 Å². The minimum atomic E-state index is -3.76. The Hall–Kier alpha value is -2.58. The van der Waals surface area contributed by atoms with Crippen molar-refractivity contribution in [3.05, 3.63) is 53.6 Å². The summed E-state index contributed by atoms with van der Waals surface area (Å²) in [6, 6.07) is 12.2. The minimum absolute atomic E-state index is 0.124. The Labute approximate surface area is 166 Å². The first-order valence-electron chi connectivity index (χ1n) is 8.78. The molecule has 2 aromatic rings. The lowest BCUT2D eigenvalue weighted by Crippen LogP contribution is -2.39. The average Bonchev–Trinajstić information content (AvgIpc) is 2.68. The second-order valence-electron chi connectivity index (χ2n) is 6.34. The van der Waals surface area contributed by atoms with E-state index in [1.807, 2.05) is 24.3 Å². The molecule has 0 aliphatic carbocycles. The van der Waals surface area contributed by atoms with Gasteiger partial charge < -0.3 is 14.8 Å². The van der Waals surface area contributed by atoms with Gasteiger partial charge in [0.1, 0.15) is 11.5 Å². The summed E-state index contributed by atoms with van der Waals surface area (Å²) in [5.74, 6) is 1.02. The molecule has 2 aromatic carbocycles. The Morgan fingerprint density at radius 2 is 1.75 bits per heavy atom. The molecule has 0 aliphatic heterocycles. The van der Waals surface area contributed by atoms with Crippen LogP contribution in [-0.4, -0.2) is 53.0 Å². The fraction of sp³-hybridized carbons (Fsp3) is 0.350. The highest BCUT2D eigenvalue weighted by Crippen LogP contribution is 2.23. The van der Waals surface area contributed by atoms with Crippen molar-refractivity contribution in [3.8, 4) is 11.5 Å². The van der Waals surface area contributed by atoms with Crippen LogP contribution in [0.3, 0.4) is 0 Å². The second-order valence-corrected chi connectivity index (χ2v) is 8.39. The molecular weight excluding hydrogens is 380 g/mol. The first-order chi connectivity index (χ1) is 13.3. The predicted molar refractivity (Wildman–Crippen MR) is 107 cm³/mol. The zero-order valence-electron chi connectivity index (χ0n) is 16.6. The molecule has 0 atom stereocenters. The number of ether oxygens (including phenoxy) is 2. The molecule has 0 saturated carbocycles. The summed E-state index contributed by atoms with van der Waals surface area (Å²) in [5.41, 5.74) is 1.76. The third-order valence-electron chi connectivity index (χ3n) is 4.34. The molecule has 2 rings (SSSR count). The van der Waals surface area contributed by atoms with E-state index in [2.05, 4.69) is 5.32 Å². The number of benzene rings is 2. The van der Waals surface area contributed by atoms with E-state index in [-0.39, 0.29) is 17.3 Å². The van der Waals surface area contributed by atoms with Crippen molar-refractivity contribution in [1.82, 2.24) is 9.62 Å². The summed E-state index contributed by atoms with van der Waals surface area (Å²) in [6.45, 7) is 1.93. The lowest BCUT2D eigenvalue weighted by Gasteiger charge is -2.17. The largest absolute Gasteiger partial charge is 0.497 e. The third kappa shape index (κ3) is 5.46. The number of aryl methyl sites for hydroxylation is 1. The lowest BCUT2D eigenvalue weighted by atomic mass is 10.1. The SMILES string of the molecule is COc1ccc(CCNC(=O)CN(C)S(=O)(=O)c2ccc(OC)c(C)c2)cc1. The van der Waals surface area contributed by atoms with Gasteiger partial charge in [-0.15, -0.1) is 0 Å². The van der Waals surface area contributed by atoms with Crippen LogP contribution < -0.4 is 14.8 Å². The van der Waals surface area contributed by atoms with Gasteiger partial charge in [0.2, 0.25) is 15.9 Å². The van der Waals surface area contributed by atoms with Crippen LogP contribution in [-0.2, 0) is 21.2 Å². The van der Waals surface area contributed by atoms with Crippen LogP contribution in [0, 0.1) is 6.92 Å². The van der Waals surface area contributed by atoms with Crippen LogP contribution in [0.1, 0.15) is 11.1 Å². The smallest absolute Gasteiger partial charge is 0.243 e. The quantitative estimate of drug-likeness (QED) is 0.688. The number of nitrogens with zero attached hydrogens (tertiary/aromatic N) is 1. The highest BCUT2D eigenvalue weighted by atomic mass is 32.2. The topological polar surface area (TPSA) is 84.9 Å². The zero-order valence-corrected chi connectivity index (χ0v) is 17.4. The van der Waals surface area contributed by atoms with Crippen LogP contribution >= 0.6 is 0 Å². The lowest BCUT2D eigenvalue weighted by molar-refractivity contribution is -0.121. The Balaban J connectivity index is 1.90. The van der Waals surface area contributed by atoms with Gasteiger partial charge in [-0.3, -0.25) is 4.79 Å². The van der Waals surface area contributed by atoms with Gasteiger partial charge in [-0.2, -0.15) is 4.31 Å². The molecule has 152 valence electrons. The summed E-state index contributed by atoms with van der Waals surface area (Å²) < 4.78 is 36.6. The summed E-state index contributed by atoms with van der Waals surface area (Å²) in [6.07, 6.45) is 0.643. The van der Waals surface area contributed by atoms with Crippen LogP contribution in [0.5, 0.6) is 11.5 Å². The maximum absolute atomic E-state index is 12.7. The summed E-state index contributed by atoms with van der Waals surface area (Å²) in [5, 5.41) is 2.75. The van der Waals surface area contributed by atoms with Crippen molar-refractivity contribution >= 4 is 15.9 Å². The molecule has 0 aliphatic rings. The molecule has 28 heavy (non-hydrogen) atoms. The van der Waals surface area contributed by atoms with Gasteiger partial charge in [0.25, 0.3) is 0 Å². The molecule has 0 spiro atoms. The Kier molecular flexibility index (Phi) is 7.42. The fourth-order valence-electron chi connectivity index (χ4n) is 2.67.